The quantitative estimate of drug-likeness (QED) is 0.643. The molecule has 2 N–H and O–H groups in total. The first kappa shape index (κ1) is 15.2. The van der Waals surface area contributed by atoms with Crippen LogP contribution in [0.5, 0.6) is 0 Å². The molecule has 0 aromatic rings. The number of ether oxygens (including phenoxy) is 2. The van der Waals surface area contributed by atoms with Crippen molar-refractivity contribution in [3.63, 3.8) is 0 Å². The highest BCUT2D eigenvalue weighted by molar-refractivity contribution is 4.89. The third-order valence-electron chi connectivity index (χ3n) is 4.10. The SMILES string of the molecule is CCCNCC1(CN2CCOC(CO)C2)CCOC1. The van der Waals surface area contributed by atoms with Gasteiger partial charge in [0.1, 0.15) is 0 Å². The zero-order chi connectivity index (χ0) is 13.6. The van der Waals surface area contributed by atoms with Crippen molar-refractivity contribution < 1.29 is 14.6 Å². The van der Waals surface area contributed by atoms with Crippen molar-refractivity contribution in [1.82, 2.24) is 10.2 Å². The second-order valence-electron chi connectivity index (χ2n) is 5.89. The predicted molar refractivity (Wildman–Crippen MR) is 74.3 cm³/mol. The standard InChI is InChI=1S/C14H28N2O3/c1-2-4-15-10-14(3-6-18-12-14)11-16-5-7-19-13(8-16)9-17/h13,15,17H,2-12H2,1H3. The van der Waals surface area contributed by atoms with E-state index >= 15 is 0 Å². The maximum absolute atomic E-state index is 9.22. The fraction of sp³-hybridized carbons (Fsp3) is 1.00. The van der Waals surface area contributed by atoms with Gasteiger partial charge in [-0.05, 0) is 19.4 Å². The maximum Gasteiger partial charge on any atom is 0.0932 e. The van der Waals surface area contributed by atoms with Crippen LogP contribution in [-0.2, 0) is 9.47 Å². The zero-order valence-electron chi connectivity index (χ0n) is 12.1. The minimum Gasteiger partial charge on any atom is -0.394 e. The summed E-state index contributed by atoms with van der Waals surface area (Å²) in [6.45, 7) is 9.72. The summed E-state index contributed by atoms with van der Waals surface area (Å²) in [4.78, 5) is 2.42. The van der Waals surface area contributed by atoms with Gasteiger partial charge in [0.2, 0.25) is 0 Å². The van der Waals surface area contributed by atoms with Gasteiger partial charge in [0.25, 0.3) is 0 Å². The van der Waals surface area contributed by atoms with Gasteiger partial charge in [0, 0.05) is 38.2 Å². The van der Waals surface area contributed by atoms with Gasteiger partial charge in [-0.25, -0.2) is 0 Å². The van der Waals surface area contributed by atoms with Crippen LogP contribution in [0, 0.1) is 5.41 Å². The Labute approximate surface area is 116 Å². The monoisotopic (exact) mass is 272 g/mol. The molecule has 2 fully saturated rings. The summed E-state index contributed by atoms with van der Waals surface area (Å²) in [5.41, 5.74) is 0.243. The molecule has 0 spiro atoms. The summed E-state index contributed by atoms with van der Waals surface area (Å²) in [5, 5.41) is 12.8. The lowest BCUT2D eigenvalue weighted by Gasteiger charge is -2.38. The van der Waals surface area contributed by atoms with Crippen molar-refractivity contribution in [2.45, 2.75) is 25.9 Å². The summed E-state index contributed by atoms with van der Waals surface area (Å²) in [6, 6.07) is 0. The van der Waals surface area contributed by atoms with Gasteiger partial charge < -0.3 is 19.9 Å². The van der Waals surface area contributed by atoms with Gasteiger partial charge in [-0.3, -0.25) is 4.90 Å². The zero-order valence-corrected chi connectivity index (χ0v) is 12.1. The van der Waals surface area contributed by atoms with Gasteiger partial charge in [-0.1, -0.05) is 6.92 Å². The molecule has 2 aliphatic heterocycles. The van der Waals surface area contributed by atoms with E-state index in [0.29, 0.717) is 0 Å². The van der Waals surface area contributed by atoms with Gasteiger partial charge in [-0.2, -0.15) is 0 Å². The number of morpholine rings is 1. The molecule has 2 atom stereocenters. The molecule has 0 amide bonds. The van der Waals surface area contributed by atoms with E-state index in [1.807, 2.05) is 0 Å². The Morgan fingerprint density at radius 1 is 1.42 bits per heavy atom. The third-order valence-corrected chi connectivity index (χ3v) is 4.10. The maximum atomic E-state index is 9.22. The van der Waals surface area contributed by atoms with Crippen molar-refractivity contribution in [1.29, 1.82) is 0 Å². The molecule has 5 nitrogen and oxygen atoms in total. The van der Waals surface area contributed by atoms with E-state index in [2.05, 4.69) is 17.1 Å². The molecule has 0 aromatic carbocycles. The van der Waals surface area contributed by atoms with Gasteiger partial charge in [-0.15, -0.1) is 0 Å². The van der Waals surface area contributed by atoms with Crippen LogP contribution in [-0.4, -0.2) is 75.3 Å². The van der Waals surface area contributed by atoms with Crippen LogP contribution in [0.25, 0.3) is 0 Å². The number of hydrogen-bond acceptors (Lipinski definition) is 5. The van der Waals surface area contributed by atoms with E-state index in [1.54, 1.807) is 0 Å². The van der Waals surface area contributed by atoms with E-state index in [1.165, 1.54) is 6.42 Å². The van der Waals surface area contributed by atoms with Crippen LogP contribution in [0.4, 0.5) is 0 Å². The molecule has 2 saturated heterocycles. The van der Waals surface area contributed by atoms with E-state index < -0.39 is 0 Å². The molecule has 2 aliphatic rings. The third kappa shape index (κ3) is 4.39. The second kappa shape index (κ2) is 7.55. The van der Waals surface area contributed by atoms with Crippen LogP contribution in [0.1, 0.15) is 19.8 Å². The largest absolute Gasteiger partial charge is 0.394 e. The summed E-state index contributed by atoms with van der Waals surface area (Å²) in [5.74, 6) is 0. The Kier molecular flexibility index (Phi) is 6.04. The first-order chi connectivity index (χ1) is 9.28. The molecule has 112 valence electrons. The van der Waals surface area contributed by atoms with Crippen molar-refractivity contribution in [3.8, 4) is 0 Å². The lowest BCUT2D eigenvalue weighted by Crippen LogP contribution is -2.51. The number of nitrogens with one attached hydrogen (secondary N) is 1. The van der Waals surface area contributed by atoms with E-state index in [0.717, 1.165) is 59.0 Å². The molecule has 2 rings (SSSR count). The van der Waals surface area contributed by atoms with Crippen molar-refractivity contribution in [3.05, 3.63) is 0 Å². The minimum absolute atomic E-state index is 0.0169. The summed E-state index contributed by atoms with van der Waals surface area (Å²) in [7, 11) is 0. The molecule has 0 saturated carbocycles. The normalized spacial score (nSPS) is 32.8. The van der Waals surface area contributed by atoms with Crippen LogP contribution in [0.3, 0.4) is 0 Å². The first-order valence-corrected chi connectivity index (χ1v) is 7.51. The molecule has 5 heteroatoms. The molecule has 0 bridgehead atoms. The predicted octanol–water partition coefficient (Wildman–Crippen LogP) is 0.0858. The van der Waals surface area contributed by atoms with Crippen molar-refractivity contribution in [2.75, 3.05) is 59.2 Å². The molecule has 0 aliphatic carbocycles. The van der Waals surface area contributed by atoms with Crippen LogP contribution < -0.4 is 5.32 Å². The number of nitrogens with zero attached hydrogens (tertiary/aromatic N) is 1. The van der Waals surface area contributed by atoms with Crippen LogP contribution in [0.15, 0.2) is 0 Å². The van der Waals surface area contributed by atoms with E-state index in [9.17, 15) is 5.11 Å². The fourth-order valence-electron chi connectivity index (χ4n) is 3.01. The van der Waals surface area contributed by atoms with Crippen molar-refractivity contribution >= 4 is 0 Å². The average Bonchev–Trinajstić information content (AvgIpc) is 2.88. The summed E-state index contributed by atoms with van der Waals surface area (Å²) < 4.78 is 11.2. The molecule has 2 heterocycles. The lowest BCUT2D eigenvalue weighted by atomic mass is 9.86. The summed E-state index contributed by atoms with van der Waals surface area (Å²) >= 11 is 0. The van der Waals surface area contributed by atoms with Gasteiger partial charge in [0.15, 0.2) is 0 Å². The molecular formula is C14H28N2O3. The topological polar surface area (TPSA) is 54.0 Å². The number of aliphatic hydroxyl groups excluding tert-OH is 1. The highest BCUT2D eigenvalue weighted by Crippen LogP contribution is 2.29. The molecule has 0 aromatic heterocycles. The van der Waals surface area contributed by atoms with Crippen LogP contribution >= 0.6 is 0 Å². The van der Waals surface area contributed by atoms with Crippen LogP contribution in [0.2, 0.25) is 0 Å². The molecule has 19 heavy (non-hydrogen) atoms. The van der Waals surface area contributed by atoms with E-state index in [-0.39, 0.29) is 18.1 Å². The smallest absolute Gasteiger partial charge is 0.0932 e. The first-order valence-electron chi connectivity index (χ1n) is 7.51. The number of rotatable bonds is 7. The molecule has 0 radical (unpaired) electrons. The van der Waals surface area contributed by atoms with Gasteiger partial charge in [0.05, 0.1) is 25.9 Å². The van der Waals surface area contributed by atoms with E-state index in [4.69, 9.17) is 9.47 Å². The highest BCUT2D eigenvalue weighted by atomic mass is 16.5. The Bertz CT molecular complexity index is 257. The Hall–Kier alpha value is -0.200. The van der Waals surface area contributed by atoms with Crippen molar-refractivity contribution in [2.24, 2.45) is 5.41 Å². The average molecular weight is 272 g/mol. The highest BCUT2D eigenvalue weighted by Gasteiger charge is 2.37. The minimum atomic E-state index is -0.0169. The van der Waals surface area contributed by atoms with Gasteiger partial charge >= 0.3 is 0 Å². The molecule has 2 unspecified atom stereocenters. The second-order valence-corrected chi connectivity index (χ2v) is 5.89. The molecular weight excluding hydrogens is 244 g/mol. The lowest BCUT2D eigenvalue weighted by molar-refractivity contribution is -0.0630. The number of aliphatic hydroxyl groups is 1. The number of hydrogen-bond donors (Lipinski definition) is 2. The summed E-state index contributed by atoms with van der Waals surface area (Å²) in [6.07, 6.45) is 2.28. The Morgan fingerprint density at radius 2 is 2.32 bits per heavy atom. The Balaban J connectivity index is 1.85. The Morgan fingerprint density at radius 3 is 3.00 bits per heavy atom. The fourth-order valence-corrected chi connectivity index (χ4v) is 3.01.